The molecule has 0 aromatic heterocycles. The molecule has 0 aromatic rings. The fraction of sp³-hybridized carbons (Fsp3) is 0.935. The Bertz CT molecular complexity index is 992. The van der Waals surface area contributed by atoms with Crippen molar-refractivity contribution in [3.63, 3.8) is 0 Å². The summed E-state index contributed by atoms with van der Waals surface area (Å²) in [6.45, 7) is 1.92. The molecule has 11 nitrogen and oxygen atoms in total. The summed E-state index contributed by atoms with van der Waals surface area (Å²) in [5.41, 5.74) is 1.45. The maximum atomic E-state index is 11.0. The number of ether oxygens (including phenoxy) is 5. The van der Waals surface area contributed by atoms with Crippen LogP contribution in [0.5, 0.6) is 0 Å². The molecule has 3 saturated carbocycles. The number of hydrogen-bond acceptors (Lipinski definition) is 11. The maximum Gasteiger partial charge on any atom is 0.187 e. The topological polar surface area (TPSA) is 168 Å². The molecule has 3 saturated heterocycles. The van der Waals surface area contributed by atoms with Crippen molar-refractivity contribution in [2.45, 2.75) is 132 Å². The molecule has 6 fully saturated rings. The normalized spacial score (nSPS) is 55.7. The molecule has 7 rings (SSSR count). The summed E-state index contributed by atoms with van der Waals surface area (Å²) in [5, 5.41) is 62.4. The number of aliphatic hydroxyl groups is 6. The zero-order valence-electron chi connectivity index (χ0n) is 24.3. The van der Waals surface area contributed by atoms with E-state index in [0.29, 0.717) is 12.0 Å². The van der Waals surface area contributed by atoms with Gasteiger partial charge in [-0.15, -0.1) is 0 Å². The summed E-state index contributed by atoms with van der Waals surface area (Å²) in [7, 11) is 0. The van der Waals surface area contributed by atoms with Crippen molar-refractivity contribution in [2.24, 2.45) is 35.5 Å². The Morgan fingerprint density at radius 3 is 2.33 bits per heavy atom. The molecule has 0 spiro atoms. The van der Waals surface area contributed by atoms with E-state index in [4.69, 9.17) is 23.7 Å². The Hall–Kier alpha value is -0.700. The van der Waals surface area contributed by atoms with E-state index in [-0.39, 0.29) is 6.10 Å². The predicted molar refractivity (Wildman–Crippen MR) is 146 cm³/mol. The summed E-state index contributed by atoms with van der Waals surface area (Å²) >= 11 is 0. The van der Waals surface area contributed by atoms with Gasteiger partial charge in [-0.2, -0.15) is 0 Å². The number of allylic oxidation sites excluding steroid dienone is 1. The molecule has 14 unspecified atom stereocenters. The molecule has 0 bridgehead atoms. The van der Waals surface area contributed by atoms with Crippen LogP contribution in [0.15, 0.2) is 11.6 Å². The third kappa shape index (κ3) is 5.10. The summed E-state index contributed by atoms with van der Waals surface area (Å²) in [4.78, 5) is 0. The summed E-state index contributed by atoms with van der Waals surface area (Å²) in [6, 6.07) is 0. The average molecular weight is 597 g/mol. The lowest BCUT2D eigenvalue weighted by atomic mass is 9.56. The Kier molecular flexibility index (Phi) is 8.50. The minimum absolute atomic E-state index is 0.177. The minimum atomic E-state index is -1.59. The van der Waals surface area contributed by atoms with Crippen molar-refractivity contribution >= 4 is 0 Å². The van der Waals surface area contributed by atoms with E-state index in [9.17, 15) is 30.6 Å². The molecule has 42 heavy (non-hydrogen) atoms. The van der Waals surface area contributed by atoms with Crippen molar-refractivity contribution in [3.8, 4) is 0 Å². The molecule has 7 aliphatic rings. The molecular formula is C31H48O11. The van der Waals surface area contributed by atoms with Crippen LogP contribution in [0.3, 0.4) is 0 Å². The lowest BCUT2D eigenvalue weighted by molar-refractivity contribution is -0.360. The average Bonchev–Trinajstić information content (AvgIpc) is 3.60. The highest BCUT2D eigenvalue weighted by molar-refractivity contribution is 5.19. The Morgan fingerprint density at radius 1 is 0.762 bits per heavy atom. The van der Waals surface area contributed by atoms with Crippen LogP contribution in [0.25, 0.3) is 0 Å². The number of fused-ring (bicyclic) bond motifs is 7. The Balaban J connectivity index is 0.971. The summed E-state index contributed by atoms with van der Waals surface area (Å²) in [6.07, 6.45) is -1.51. The molecule has 0 amide bonds. The molecule has 0 aromatic carbocycles. The van der Waals surface area contributed by atoms with Crippen molar-refractivity contribution in [1.29, 1.82) is 0 Å². The molecule has 11 heteroatoms. The molecule has 3 heterocycles. The van der Waals surface area contributed by atoms with Gasteiger partial charge in [0.2, 0.25) is 0 Å². The third-order valence-corrected chi connectivity index (χ3v) is 12.0. The van der Waals surface area contributed by atoms with Crippen molar-refractivity contribution < 1.29 is 54.3 Å². The molecule has 4 aliphatic carbocycles. The van der Waals surface area contributed by atoms with Crippen molar-refractivity contribution in [1.82, 2.24) is 0 Å². The minimum Gasteiger partial charge on any atom is -0.394 e. The molecule has 6 N–H and O–H groups in total. The van der Waals surface area contributed by atoms with Crippen molar-refractivity contribution in [2.75, 3.05) is 13.2 Å². The number of aliphatic hydroxyl groups excluding tert-OH is 6. The van der Waals surface area contributed by atoms with Crippen LogP contribution >= 0.6 is 0 Å². The first kappa shape index (κ1) is 30.0. The van der Waals surface area contributed by atoms with E-state index < -0.39 is 68.0 Å². The van der Waals surface area contributed by atoms with Crippen LogP contribution in [0.2, 0.25) is 0 Å². The van der Waals surface area contributed by atoms with Gasteiger partial charge in [0.15, 0.2) is 12.6 Å². The SMILES string of the molecule is CC1OC(OC2C(CO)OC(OC3CCC4C(=CCC5C4CCC4C6CCOC6CC45)C3)[C@@H](O)[C@@H]2O)[C@@H](O)[C@@H](O)C1O. The van der Waals surface area contributed by atoms with E-state index in [0.717, 1.165) is 61.9 Å². The highest BCUT2D eigenvalue weighted by Gasteiger charge is 2.55. The summed E-state index contributed by atoms with van der Waals surface area (Å²) < 4.78 is 29.5. The van der Waals surface area contributed by atoms with Crippen LogP contribution in [0.4, 0.5) is 0 Å². The second-order valence-electron chi connectivity index (χ2n) is 14.0. The monoisotopic (exact) mass is 596 g/mol. The molecule has 0 radical (unpaired) electrons. The lowest BCUT2D eigenvalue weighted by Crippen LogP contribution is -2.64. The van der Waals surface area contributed by atoms with Crippen LogP contribution in [0.1, 0.15) is 58.3 Å². The van der Waals surface area contributed by atoms with Gasteiger partial charge in [0.25, 0.3) is 0 Å². The van der Waals surface area contributed by atoms with Gasteiger partial charge in [-0.25, -0.2) is 0 Å². The van der Waals surface area contributed by atoms with Gasteiger partial charge in [0.05, 0.1) is 24.9 Å². The first-order chi connectivity index (χ1) is 20.2. The maximum absolute atomic E-state index is 11.0. The molecular weight excluding hydrogens is 548 g/mol. The molecule has 18 atom stereocenters. The Morgan fingerprint density at radius 2 is 1.52 bits per heavy atom. The van der Waals surface area contributed by atoms with Crippen LogP contribution in [-0.2, 0) is 23.7 Å². The van der Waals surface area contributed by atoms with Gasteiger partial charge in [-0.3, -0.25) is 0 Å². The zero-order valence-corrected chi connectivity index (χ0v) is 24.3. The summed E-state index contributed by atoms with van der Waals surface area (Å²) in [5.74, 6) is 4.46. The Labute approximate surface area is 246 Å². The second-order valence-corrected chi connectivity index (χ2v) is 14.0. The fourth-order valence-corrected chi connectivity index (χ4v) is 9.84. The van der Waals surface area contributed by atoms with E-state index in [1.807, 2.05) is 0 Å². The predicted octanol–water partition coefficient (Wildman–Crippen LogP) is 0.221. The smallest absolute Gasteiger partial charge is 0.187 e. The van der Waals surface area contributed by atoms with E-state index >= 15 is 0 Å². The fourth-order valence-electron chi connectivity index (χ4n) is 9.84. The van der Waals surface area contributed by atoms with Crippen LogP contribution in [0, 0.1) is 35.5 Å². The molecule has 238 valence electrons. The van der Waals surface area contributed by atoms with Gasteiger partial charge in [0.1, 0.15) is 42.7 Å². The quantitative estimate of drug-likeness (QED) is 0.240. The van der Waals surface area contributed by atoms with E-state index in [1.54, 1.807) is 0 Å². The van der Waals surface area contributed by atoms with Gasteiger partial charge in [-0.05, 0) is 93.8 Å². The first-order valence-corrected chi connectivity index (χ1v) is 16.2. The molecule has 3 aliphatic heterocycles. The van der Waals surface area contributed by atoms with Crippen molar-refractivity contribution in [3.05, 3.63) is 11.6 Å². The van der Waals surface area contributed by atoms with Gasteiger partial charge < -0.3 is 54.3 Å². The zero-order chi connectivity index (χ0) is 29.3. The number of rotatable bonds is 5. The highest BCUT2D eigenvalue weighted by Crippen LogP contribution is 2.59. The van der Waals surface area contributed by atoms with Gasteiger partial charge >= 0.3 is 0 Å². The largest absolute Gasteiger partial charge is 0.394 e. The van der Waals surface area contributed by atoms with Gasteiger partial charge in [-0.1, -0.05) is 11.6 Å². The first-order valence-electron chi connectivity index (χ1n) is 16.2. The standard InChI is InChI=1S/C31H48O11/c1-13-24(33)25(34)27(36)30(39-13)42-29-23(12-32)41-31(28(37)26(29)35)40-15-3-5-16-14(10-15)2-4-18-17(16)6-7-19-20-8-9-38-22(20)11-21(18)19/h2,13,15-37H,3-12H2,1H3/t13?,15?,16?,17?,18?,19?,20?,21?,22?,23?,24?,25-,26-,27-,28-,29?,30?,31?/m0/s1. The van der Waals surface area contributed by atoms with E-state index in [2.05, 4.69) is 6.08 Å². The second kappa shape index (κ2) is 11.9. The van der Waals surface area contributed by atoms with Crippen LogP contribution in [-0.4, -0.2) is 117 Å². The van der Waals surface area contributed by atoms with Gasteiger partial charge in [0, 0.05) is 6.61 Å². The van der Waals surface area contributed by atoms with E-state index in [1.165, 1.54) is 38.2 Å². The highest BCUT2D eigenvalue weighted by atomic mass is 16.7. The van der Waals surface area contributed by atoms with Crippen LogP contribution < -0.4 is 0 Å². The number of hydrogen-bond donors (Lipinski definition) is 6. The third-order valence-electron chi connectivity index (χ3n) is 12.0. The lowest BCUT2D eigenvalue weighted by Gasteiger charge is -2.50.